The molecule has 0 aliphatic heterocycles. The minimum Gasteiger partial charge on any atom is -0.449 e. The molecular formula is C12H21NO. The zero-order valence-electron chi connectivity index (χ0n) is 9.76. The van der Waals surface area contributed by atoms with Crippen molar-refractivity contribution < 1.29 is 4.42 Å². The fraction of sp³-hybridized carbons (Fsp3) is 0.750. The third-order valence-electron chi connectivity index (χ3n) is 2.58. The number of aromatic nitrogens is 1. The fourth-order valence-corrected chi connectivity index (χ4v) is 1.70. The highest BCUT2D eigenvalue weighted by Gasteiger charge is 2.23. The fourth-order valence-electron chi connectivity index (χ4n) is 1.70. The van der Waals surface area contributed by atoms with Crippen LogP contribution in [0, 0.1) is 0 Å². The van der Waals surface area contributed by atoms with Gasteiger partial charge in [-0.2, -0.15) is 0 Å². The third kappa shape index (κ3) is 2.60. The van der Waals surface area contributed by atoms with Crippen LogP contribution in [-0.4, -0.2) is 4.98 Å². The molecule has 1 heterocycles. The van der Waals surface area contributed by atoms with Gasteiger partial charge in [0, 0.05) is 11.8 Å². The minimum absolute atomic E-state index is 0.157. The Bertz CT molecular complexity index is 276. The molecule has 0 saturated carbocycles. The van der Waals surface area contributed by atoms with Gasteiger partial charge in [-0.3, -0.25) is 0 Å². The Labute approximate surface area is 86.7 Å². The van der Waals surface area contributed by atoms with Crippen molar-refractivity contribution in [2.24, 2.45) is 0 Å². The molecule has 0 fully saturated rings. The van der Waals surface area contributed by atoms with E-state index in [9.17, 15) is 0 Å². The maximum absolute atomic E-state index is 5.43. The van der Waals surface area contributed by atoms with Crippen LogP contribution in [-0.2, 0) is 11.8 Å². The molecule has 1 rings (SSSR count). The first-order chi connectivity index (χ1) is 6.60. The highest BCUT2D eigenvalue weighted by molar-refractivity contribution is 5.10. The predicted molar refractivity (Wildman–Crippen MR) is 58.4 cm³/mol. The average Bonchev–Trinajstić information content (AvgIpc) is 2.54. The molecule has 1 aromatic heterocycles. The van der Waals surface area contributed by atoms with Crippen molar-refractivity contribution in [2.45, 2.75) is 58.8 Å². The Hall–Kier alpha value is -0.790. The average molecular weight is 195 g/mol. The smallest absolute Gasteiger partial charge is 0.194 e. The number of aryl methyl sites for hydroxylation is 1. The second kappa shape index (κ2) is 4.63. The lowest BCUT2D eigenvalue weighted by Crippen LogP contribution is -2.17. The van der Waals surface area contributed by atoms with Crippen LogP contribution in [0.5, 0.6) is 0 Å². The van der Waals surface area contributed by atoms with E-state index in [0.717, 1.165) is 30.8 Å². The summed E-state index contributed by atoms with van der Waals surface area (Å²) in [6.07, 6.45) is 6.20. The van der Waals surface area contributed by atoms with E-state index in [4.69, 9.17) is 4.42 Å². The lowest BCUT2D eigenvalue weighted by atomic mass is 9.85. The van der Waals surface area contributed by atoms with Crippen molar-refractivity contribution in [3.05, 3.63) is 17.8 Å². The van der Waals surface area contributed by atoms with Crippen molar-refractivity contribution in [1.29, 1.82) is 0 Å². The van der Waals surface area contributed by atoms with E-state index in [1.807, 2.05) is 6.26 Å². The van der Waals surface area contributed by atoms with Crippen LogP contribution in [0.15, 0.2) is 10.7 Å². The maximum Gasteiger partial charge on any atom is 0.194 e. The predicted octanol–water partition coefficient (Wildman–Crippen LogP) is 3.70. The molecule has 0 saturated heterocycles. The van der Waals surface area contributed by atoms with Gasteiger partial charge in [0.05, 0.1) is 5.69 Å². The summed E-state index contributed by atoms with van der Waals surface area (Å²) in [7, 11) is 0. The summed E-state index contributed by atoms with van der Waals surface area (Å²) in [6, 6.07) is 0. The second-order valence-corrected chi connectivity index (χ2v) is 4.51. The van der Waals surface area contributed by atoms with Crippen molar-refractivity contribution >= 4 is 0 Å². The Kier molecular flexibility index (Phi) is 3.73. The standard InChI is InChI=1S/C12H21NO/c1-5-7-11-13-10(9-14-11)12(3,4)8-6-2/h9H,5-8H2,1-4H3. The topological polar surface area (TPSA) is 26.0 Å². The van der Waals surface area contributed by atoms with E-state index in [0.29, 0.717) is 0 Å². The molecule has 0 N–H and O–H groups in total. The van der Waals surface area contributed by atoms with Crippen LogP contribution in [0.3, 0.4) is 0 Å². The van der Waals surface area contributed by atoms with Gasteiger partial charge in [-0.15, -0.1) is 0 Å². The molecule has 0 radical (unpaired) electrons. The van der Waals surface area contributed by atoms with Gasteiger partial charge in [0.15, 0.2) is 5.89 Å². The van der Waals surface area contributed by atoms with Gasteiger partial charge in [0.25, 0.3) is 0 Å². The van der Waals surface area contributed by atoms with E-state index in [2.05, 4.69) is 32.7 Å². The first-order valence-electron chi connectivity index (χ1n) is 5.55. The van der Waals surface area contributed by atoms with Gasteiger partial charge in [0.2, 0.25) is 0 Å². The van der Waals surface area contributed by atoms with Gasteiger partial charge >= 0.3 is 0 Å². The molecule has 0 unspecified atom stereocenters. The largest absolute Gasteiger partial charge is 0.449 e. The SMILES string of the molecule is CCCc1nc(C(C)(C)CCC)co1. The number of hydrogen-bond donors (Lipinski definition) is 0. The summed E-state index contributed by atoms with van der Waals surface area (Å²) < 4.78 is 5.43. The first-order valence-corrected chi connectivity index (χ1v) is 5.55. The number of oxazole rings is 1. The van der Waals surface area contributed by atoms with Crippen molar-refractivity contribution in [3.8, 4) is 0 Å². The second-order valence-electron chi connectivity index (χ2n) is 4.51. The van der Waals surface area contributed by atoms with Crippen LogP contribution in [0.25, 0.3) is 0 Å². The van der Waals surface area contributed by atoms with E-state index in [1.54, 1.807) is 0 Å². The van der Waals surface area contributed by atoms with E-state index in [1.165, 1.54) is 6.42 Å². The quantitative estimate of drug-likeness (QED) is 0.716. The molecule has 0 aliphatic rings. The molecule has 1 aromatic rings. The number of rotatable bonds is 5. The Morgan fingerprint density at radius 1 is 1.29 bits per heavy atom. The highest BCUT2D eigenvalue weighted by Crippen LogP contribution is 2.27. The molecule has 0 bridgehead atoms. The Morgan fingerprint density at radius 3 is 2.57 bits per heavy atom. The molecular weight excluding hydrogens is 174 g/mol. The van der Waals surface area contributed by atoms with Gasteiger partial charge < -0.3 is 4.42 Å². The minimum atomic E-state index is 0.157. The summed E-state index contributed by atoms with van der Waals surface area (Å²) in [6.45, 7) is 8.80. The van der Waals surface area contributed by atoms with E-state index >= 15 is 0 Å². The van der Waals surface area contributed by atoms with Gasteiger partial charge in [-0.05, 0) is 12.8 Å². The van der Waals surface area contributed by atoms with Crippen LogP contribution in [0.1, 0.15) is 58.5 Å². The van der Waals surface area contributed by atoms with Crippen LogP contribution in [0.4, 0.5) is 0 Å². The highest BCUT2D eigenvalue weighted by atomic mass is 16.3. The number of nitrogens with zero attached hydrogens (tertiary/aromatic N) is 1. The Morgan fingerprint density at radius 2 is 2.00 bits per heavy atom. The third-order valence-corrected chi connectivity index (χ3v) is 2.58. The molecule has 2 heteroatoms. The van der Waals surface area contributed by atoms with Gasteiger partial charge in [0.1, 0.15) is 6.26 Å². The molecule has 0 amide bonds. The summed E-state index contributed by atoms with van der Waals surface area (Å²) in [5.41, 5.74) is 1.26. The molecule has 14 heavy (non-hydrogen) atoms. The zero-order chi connectivity index (χ0) is 10.6. The van der Waals surface area contributed by atoms with Crippen molar-refractivity contribution in [1.82, 2.24) is 4.98 Å². The molecule has 2 nitrogen and oxygen atoms in total. The monoisotopic (exact) mass is 195 g/mol. The molecule has 0 spiro atoms. The first kappa shape index (κ1) is 11.3. The van der Waals surface area contributed by atoms with E-state index < -0.39 is 0 Å². The summed E-state index contributed by atoms with van der Waals surface area (Å²) in [4.78, 5) is 4.52. The van der Waals surface area contributed by atoms with Crippen LogP contribution < -0.4 is 0 Å². The van der Waals surface area contributed by atoms with Crippen LogP contribution >= 0.6 is 0 Å². The summed E-state index contributed by atoms with van der Waals surface area (Å²) in [5.74, 6) is 0.881. The van der Waals surface area contributed by atoms with Gasteiger partial charge in [-0.25, -0.2) is 4.98 Å². The molecule has 0 aliphatic carbocycles. The molecule has 0 aromatic carbocycles. The molecule has 0 atom stereocenters. The lowest BCUT2D eigenvalue weighted by Gasteiger charge is -2.20. The zero-order valence-corrected chi connectivity index (χ0v) is 9.76. The normalized spacial score (nSPS) is 12.0. The summed E-state index contributed by atoms with van der Waals surface area (Å²) >= 11 is 0. The molecule has 80 valence electrons. The van der Waals surface area contributed by atoms with Gasteiger partial charge in [-0.1, -0.05) is 34.1 Å². The lowest BCUT2D eigenvalue weighted by molar-refractivity contribution is 0.454. The van der Waals surface area contributed by atoms with E-state index in [-0.39, 0.29) is 5.41 Å². The summed E-state index contributed by atoms with van der Waals surface area (Å²) in [5, 5.41) is 0. The Balaban J connectivity index is 2.74. The van der Waals surface area contributed by atoms with Crippen molar-refractivity contribution in [3.63, 3.8) is 0 Å². The van der Waals surface area contributed by atoms with Crippen LogP contribution in [0.2, 0.25) is 0 Å². The maximum atomic E-state index is 5.43. The number of hydrogen-bond acceptors (Lipinski definition) is 2. The van der Waals surface area contributed by atoms with Crippen molar-refractivity contribution in [2.75, 3.05) is 0 Å².